The summed E-state index contributed by atoms with van der Waals surface area (Å²) >= 11 is 0. The fourth-order valence-corrected chi connectivity index (χ4v) is 2.83. The molecule has 0 radical (unpaired) electrons. The third-order valence-corrected chi connectivity index (χ3v) is 4.24. The first kappa shape index (κ1) is 17.4. The van der Waals surface area contributed by atoms with Crippen molar-refractivity contribution < 1.29 is 14.3 Å². The Morgan fingerprint density at radius 3 is 2.88 bits per heavy atom. The van der Waals surface area contributed by atoms with Gasteiger partial charge < -0.3 is 14.8 Å². The molecule has 1 amide bonds. The number of ether oxygens (including phenoxy) is 2. The highest BCUT2D eigenvalue weighted by molar-refractivity contribution is 5.92. The van der Waals surface area contributed by atoms with Crippen LogP contribution in [0.3, 0.4) is 0 Å². The summed E-state index contributed by atoms with van der Waals surface area (Å²) in [4.78, 5) is 14.6. The number of carbonyl (C=O) groups is 1. The lowest BCUT2D eigenvalue weighted by atomic mass is 10.3. The molecule has 0 atom stereocenters. The fourth-order valence-electron chi connectivity index (χ4n) is 2.83. The highest BCUT2D eigenvalue weighted by Gasteiger charge is 2.15. The summed E-state index contributed by atoms with van der Waals surface area (Å²) in [6.07, 6.45) is 0. The second-order valence-electron chi connectivity index (χ2n) is 5.99. The number of nitrogens with one attached hydrogen (secondary N) is 1. The number of hydrogen-bond donors (Lipinski definition) is 1. The first-order valence-corrected chi connectivity index (χ1v) is 8.47. The van der Waals surface area contributed by atoms with Crippen LogP contribution in [0.2, 0.25) is 0 Å². The molecule has 1 N–H and O–H groups in total. The number of benzene rings is 1. The Balaban J connectivity index is 1.61. The van der Waals surface area contributed by atoms with Gasteiger partial charge in [-0.3, -0.25) is 9.69 Å². The van der Waals surface area contributed by atoms with Crippen LogP contribution in [-0.4, -0.2) is 67.1 Å². The van der Waals surface area contributed by atoms with Gasteiger partial charge in [-0.1, -0.05) is 6.07 Å². The van der Waals surface area contributed by atoms with Gasteiger partial charge in [-0.05, 0) is 25.1 Å². The van der Waals surface area contributed by atoms with E-state index in [1.165, 1.54) is 0 Å². The van der Waals surface area contributed by atoms with Gasteiger partial charge in [0.05, 0.1) is 26.0 Å². The number of nitrogens with zero attached hydrogens (tertiary/aromatic N) is 3. The standard InChI is InChI=1S/C18H24N4O3/c1-14-12-17(18(23)19-6-7-21-8-10-25-11-9-21)20-22(14)15-4-3-5-16(13-15)24-2/h3-5,12-13H,6-11H2,1-2H3,(H,19,23). The lowest BCUT2D eigenvalue weighted by Crippen LogP contribution is -2.41. The number of rotatable bonds is 6. The molecule has 1 aliphatic rings. The second-order valence-corrected chi connectivity index (χ2v) is 5.99. The molecule has 0 bridgehead atoms. The molecule has 7 nitrogen and oxygen atoms in total. The van der Waals surface area contributed by atoms with Crippen molar-refractivity contribution in [2.45, 2.75) is 6.92 Å². The maximum absolute atomic E-state index is 12.4. The molecule has 1 aromatic heterocycles. The summed E-state index contributed by atoms with van der Waals surface area (Å²) in [5, 5.41) is 7.38. The van der Waals surface area contributed by atoms with E-state index in [4.69, 9.17) is 9.47 Å². The van der Waals surface area contributed by atoms with Gasteiger partial charge >= 0.3 is 0 Å². The third kappa shape index (κ3) is 4.37. The number of aryl methyl sites for hydroxylation is 1. The molecule has 3 rings (SSSR count). The highest BCUT2D eigenvalue weighted by Crippen LogP contribution is 2.18. The molecule has 134 valence electrons. The summed E-state index contributed by atoms with van der Waals surface area (Å²) in [6, 6.07) is 9.39. The van der Waals surface area contributed by atoms with E-state index < -0.39 is 0 Å². The van der Waals surface area contributed by atoms with Gasteiger partial charge in [0.15, 0.2) is 5.69 Å². The normalized spacial score (nSPS) is 15.1. The SMILES string of the molecule is COc1cccc(-n2nc(C(=O)NCCN3CCOCC3)cc2C)c1. The molecule has 7 heteroatoms. The van der Waals surface area contributed by atoms with E-state index in [9.17, 15) is 4.79 Å². The minimum atomic E-state index is -0.155. The molecular formula is C18H24N4O3. The fraction of sp³-hybridized carbons (Fsp3) is 0.444. The summed E-state index contributed by atoms with van der Waals surface area (Å²) < 4.78 is 12.3. The smallest absolute Gasteiger partial charge is 0.271 e. The predicted octanol–water partition coefficient (Wildman–Crippen LogP) is 1.25. The van der Waals surface area contributed by atoms with Crippen LogP contribution in [0.25, 0.3) is 5.69 Å². The Morgan fingerprint density at radius 2 is 2.12 bits per heavy atom. The minimum absolute atomic E-state index is 0.155. The molecule has 1 aliphatic heterocycles. The molecule has 1 aromatic carbocycles. The second kappa shape index (κ2) is 8.13. The van der Waals surface area contributed by atoms with Crippen LogP contribution in [0.5, 0.6) is 5.75 Å². The Kier molecular flexibility index (Phi) is 5.67. The van der Waals surface area contributed by atoms with Crippen molar-refractivity contribution in [1.29, 1.82) is 0 Å². The zero-order valence-corrected chi connectivity index (χ0v) is 14.7. The summed E-state index contributed by atoms with van der Waals surface area (Å²) in [5.74, 6) is 0.599. The predicted molar refractivity (Wildman–Crippen MR) is 94.4 cm³/mol. The van der Waals surface area contributed by atoms with Crippen LogP contribution >= 0.6 is 0 Å². The zero-order chi connectivity index (χ0) is 17.6. The van der Waals surface area contributed by atoms with Gasteiger partial charge in [0.25, 0.3) is 5.91 Å². The van der Waals surface area contributed by atoms with Gasteiger partial charge in [-0.2, -0.15) is 5.10 Å². The van der Waals surface area contributed by atoms with Crippen LogP contribution in [0.15, 0.2) is 30.3 Å². The van der Waals surface area contributed by atoms with Crippen LogP contribution in [0, 0.1) is 6.92 Å². The van der Waals surface area contributed by atoms with Gasteiger partial charge in [0.2, 0.25) is 0 Å². The molecule has 0 aliphatic carbocycles. The molecular weight excluding hydrogens is 320 g/mol. The summed E-state index contributed by atoms with van der Waals surface area (Å²) in [7, 11) is 1.63. The van der Waals surface area contributed by atoms with Crippen molar-refractivity contribution in [3.63, 3.8) is 0 Å². The maximum atomic E-state index is 12.4. The molecule has 0 unspecified atom stereocenters. The quantitative estimate of drug-likeness (QED) is 0.854. The monoisotopic (exact) mass is 344 g/mol. The number of aromatic nitrogens is 2. The molecule has 0 spiro atoms. The van der Waals surface area contributed by atoms with E-state index in [2.05, 4.69) is 15.3 Å². The Labute approximate surface area is 147 Å². The highest BCUT2D eigenvalue weighted by atomic mass is 16.5. The topological polar surface area (TPSA) is 68.6 Å². The Hall–Kier alpha value is -2.38. The van der Waals surface area contributed by atoms with Gasteiger partial charge in [-0.25, -0.2) is 4.68 Å². The van der Waals surface area contributed by atoms with E-state index in [1.54, 1.807) is 17.9 Å². The van der Waals surface area contributed by atoms with E-state index in [1.807, 2.05) is 31.2 Å². The molecule has 1 fully saturated rings. The average molecular weight is 344 g/mol. The van der Waals surface area contributed by atoms with Crippen molar-refractivity contribution in [3.8, 4) is 11.4 Å². The number of methoxy groups -OCH3 is 1. The average Bonchev–Trinajstić information content (AvgIpc) is 3.04. The van der Waals surface area contributed by atoms with Crippen molar-refractivity contribution in [3.05, 3.63) is 41.7 Å². The van der Waals surface area contributed by atoms with E-state index in [-0.39, 0.29) is 5.91 Å². The Morgan fingerprint density at radius 1 is 1.32 bits per heavy atom. The lowest BCUT2D eigenvalue weighted by Gasteiger charge is -2.26. The van der Waals surface area contributed by atoms with E-state index in [0.717, 1.165) is 50.0 Å². The maximum Gasteiger partial charge on any atom is 0.271 e. The summed E-state index contributed by atoms with van der Waals surface area (Å²) in [6.45, 7) is 6.71. The number of carbonyl (C=O) groups excluding carboxylic acids is 1. The molecule has 1 saturated heterocycles. The lowest BCUT2D eigenvalue weighted by molar-refractivity contribution is 0.0383. The minimum Gasteiger partial charge on any atom is -0.497 e. The van der Waals surface area contributed by atoms with Gasteiger partial charge in [0, 0.05) is 37.9 Å². The first-order valence-electron chi connectivity index (χ1n) is 8.47. The Bertz CT molecular complexity index is 723. The molecule has 0 saturated carbocycles. The van der Waals surface area contributed by atoms with Crippen LogP contribution in [0.1, 0.15) is 16.2 Å². The van der Waals surface area contributed by atoms with Crippen LogP contribution in [-0.2, 0) is 4.74 Å². The number of hydrogen-bond acceptors (Lipinski definition) is 5. The number of morpholine rings is 1. The summed E-state index contributed by atoms with van der Waals surface area (Å²) in [5.41, 5.74) is 2.18. The first-order chi connectivity index (χ1) is 12.2. The number of amides is 1. The van der Waals surface area contributed by atoms with Crippen molar-refractivity contribution in [2.24, 2.45) is 0 Å². The van der Waals surface area contributed by atoms with E-state index >= 15 is 0 Å². The molecule has 2 heterocycles. The van der Waals surface area contributed by atoms with Crippen LogP contribution in [0.4, 0.5) is 0 Å². The van der Waals surface area contributed by atoms with Crippen molar-refractivity contribution in [2.75, 3.05) is 46.5 Å². The molecule has 2 aromatic rings. The van der Waals surface area contributed by atoms with Crippen LogP contribution < -0.4 is 10.1 Å². The largest absolute Gasteiger partial charge is 0.497 e. The van der Waals surface area contributed by atoms with Crippen molar-refractivity contribution in [1.82, 2.24) is 20.0 Å². The van der Waals surface area contributed by atoms with Gasteiger partial charge in [-0.15, -0.1) is 0 Å². The third-order valence-electron chi connectivity index (χ3n) is 4.24. The van der Waals surface area contributed by atoms with Gasteiger partial charge in [0.1, 0.15) is 5.75 Å². The molecule has 25 heavy (non-hydrogen) atoms. The zero-order valence-electron chi connectivity index (χ0n) is 14.7. The van der Waals surface area contributed by atoms with Crippen molar-refractivity contribution >= 4 is 5.91 Å². The van der Waals surface area contributed by atoms with E-state index in [0.29, 0.717) is 12.2 Å².